The van der Waals surface area contributed by atoms with Crippen LogP contribution in [0.1, 0.15) is 19.4 Å². The molecule has 0 heterocycles. The van der Waals surface area contributed by atoms with Crippen LogP contribution in [0.5, 0.6) is 5.75 Å². The van der Waals surface area contributed by atoms with Gasteiger partial charge in [-0.1, -0.05) is 26.0 Å². The van der Waals surface area contributed by atoms with Gasteiger partial charge in [0.25, 0.3) is 5.91 Å². The van der Waals surface area contributed by atoms with Gasteiger partial charge < -0.3 is 15.2 Å². The van der Waals surface area contributed by atoms with Gasteiger partial charge in [-0.25, -0.2) is 4.79 Å². The lowest BCUT2D eigenvalue weighted by molar-refractivity contribution is -0.143. The molecule has 5 nitrogen and oxygen atoms in total. The number of hydrogen-bond donors (Lipinski definition) is 2. The minimum Gasteiger partial charge on any atom is -0.483 e. The molecule has 2 N–H and O–H groups in total. The van der Waals surface area contributed by atoms with Crippen molar-refractivity contribution in [2.75, 3.05) is 6.61 Å². The van der Waals surface area contributed by atoms with E-state index in [1.54, 1.807) is 13.8 Å². The summed E-state index contributed by atoms with van der Waals surface area (Å²) in [6, 6.07) is 3.34. The summed E-state index contributed by atoms with van der Waals surface area (Å²) in [6.45, 7) is 2.49. The number of nitrogens with one attached hydrogen (secondary N) is 1. The van der Waals surface area contributed by atoms with Gasteiger partial charge in [-0.15, -0.1) is 0 Å². The average Bonchev–Trinajstić information content (AvgIpc) is 2.41. The molecule has 1 unspecified atom stereocenters. The fourth-order valence-electron chi connectivity index (χ4n) is 1.70. The van der Waals surface area contributed by atoms with Gasteiger partial charge in [-0.2, -0.15) is 13.2 Å². The second-order valence-electron chi connectivity index (χ2n) is 4.91. The summed E-state index contributed by atoms with van der Waals surface area (Å²) in [5, 5.41) is 11.1. The highest BCUT2D eigenvalue weighted by molar-refractivity contribution is 5.84. The quantitative estimate of drug-likeness (QED) is 0.844. The maximum Gasteiger partial charge on any atom is 0.419 e. The van der Waals surface area contributed by atoms with Crippen molar-refractivity contribution in [1.82, 2.24) is 5.32 Å². The Labute approximate surface area is 125 Å². The Kier molecular flexibility index (Phi) is 5.78. The van der Waals surface area contributed by atoms with Gasteiger partial charge in [0.1, 0.15) is 11.8 Å². The van der Waals surface area contributed by atoms with Gasteiger partial charge in [0, 0.05) is 0 Å². The molecule has 0 fully saturated rings. The number of aliphatic carboxylic acids is 1. The first-order valence-electron chi connectivity index (χ1n) is 6.44. The maximum absolute atomic E-state index is 12.7. The summed E-state index contributed by atoms with van der Waals surface area (Å²) in [5.74, 6) is -2.89. The molecule has 8 heteroatoms. The van der Waals surface area contributed by atoms with E-state index in [1.165, 1.54) is 12.1 Å². The molecule has 1 amide bonds. The molecule has 0 radical (unpaired) electrons. The van der Waals surface area contributed by atoms with Crippen LogP contribution in [-0.4, -0.2) is 29.6 Å². The van der Waals surface area contributed by atoms with E-state index in [4.69, 9.17) is 9.84 Å². The molecule has 1 atom stereocenters. The molecule has 0 aromatic heterocycles. The van der Waals surface area contributed by atoms with Crippen LogP contribution in [0, 0.1) is 5.92 Å². The number of para-hydroxylation sites is 1. The Morgan fingerprint density at radius 1 is 1.27 bits per heavy atom. The monoisotopic (exact) mass is 319 g/mol. The van der Waals surface area contributed by atoms with Crippen molar-refractivity contribution >= 4 is 11.9 Å². The standard InChI is InChI=1S/C14H16F3NO4/c1-8(2)12(13(20)21)18-11(19)7-22-10-6-4-3-5-9(10)14(15,16)17/h3-6,8,12H,7H2,1-2H3,(H,18,19)(H,20,21). The SMILES string of the molecule is CC(C)C(NC(=O)COc1ccccc1C(F)(F)F)C(=O)O. The topological polar surface area (TPSA) is 75.6 Å². The van der Waals surface area contributed by atoms with Crippen molar-refractivity contribution in [3.05, 3.63) is 29.8 Å². The molecule has 1 aromatic carbocycles. The number of hydrogen-bond acceptors (Lipinski definition) is 3. The minimum atomic E-state index is -4.60. The molecular formula is C14H16F3NO4. The van der Waals surface area contributed by atoms with Crippen molar-refractivity contribution in [2.24, 2.45) is 5.92 Å². The Hall–Kier alpha value is -2.25. The number of alkyl halides is 3. The highest BCUT2D eigenvalue weighted by atomic mass is 19.4. The number of benzene rings is 1. The van der Waals surface area contributed by atoms with E-state index in [9.17, 15) is 22.8 Å². The molecule has 1 aromatic rings. The Morgan fingerprint density at radius 2 is 1.86 bits per heavy atom. The van der Waals surface area contributed by atoms with Crippen LogP contribution in [-0.2, 0) is 15.8 Å². The number of ether oxygens (including phenoxy) is 1. The average molecular weight is 319 g/mol. The van der Waals surface area contributed by atoms with Crippen LogP contribution in [0.4, 0.5) is 13.2 Å². The fourth-order valence-corrected chi connectivity index (χ4v) is 1.70. The molecular weight excluding hydrogens is 303 g/mol. The second kappa shape index (κ2) is 7.15. The van der Waals surface area contributed by atoms with Crippen molar-refractivity contribution in [2.45, 2.75) is 26.1 Å². The number of halogens is 3. The molecule has 0 aliphatic rings. The Morgan fingerprint density at radius 3 is 2.36 bits per heavy atom. The predicted octanol–water partition coefficient (Wildman–Crippen LogP) is 2.31. The van der Waals surface area contributed by atoms with Crippen LogP contribution < -0.4 is 10.1 Å². The Bertz CT molecular complexity index is 543. The van der Waals surface area contributed by atoms with Crippen molar-refractivity contribution in [3.63, 3.8) is 0 Å². The third-order valence-electron chi connectivity index (χ3n) is 2.80. The number of carboxylic acids is 1. The van der Waals surface area contributed by atoms with E-state index in [-0.39, 0.29) is 5.92 Å². The van der Waals surface area contributed by atoms with E-state index in [0.29, 0.717) is 0 Å². The lowest BCUT2D eigenvalue weighted by Crippen LogP contribution is -2.46. The van der Waals surface area contributed by atoms with Crippen molar-refractivity contribution < 1.29 is 32.6 Å². The van der Waals surface area contributed by atoms with Gasteiger partial charge in [-0.3, -0.25) is 4.79 Å². The molecule has 0 aliphatic carbocycles. The molecule has 0 saturated carbocycles. The maximum atomic E-state index is 12.7. The summed E-state index contributed by atoms with van der Waals surface area (Å²) in [6.07, 6.45) is -4.60. The van der Waals surface area contributed by atoms with Crippen LogP contribution in [0.25, 0.3) is 0 Å². The highest BCUT2D eigenvalue weighted by Crippen LogP contribution is 2.35. The lowest BCUT2D eigenvalue weighted by atomic mass is 10.1. The fraction of sp³-hybridized carbons (Fsp3) is 0.429. The van der Waals surface area contributed by atoms with Gasteiger partial charge in [0.05, 0.1) is 5.56 Å². The zero-order valence-corrected chi connectivity index (χ0v) is 12.0. The number of rotatable bonds is 6. The van der Waals surface area contributed by atoms with Crippen molar-refractivity contribution in [3.8, 4) is 5.75 Å². The van der Waals surface area contributed by atoms with Crippen LogP contribution >= 0.6 is 0 Å². The molecule has 0 bridgehead atoms. The number of carbonyl (C=O) groups excluding carboxylic acids is 1. The van der Waals surface area contributed by atoms with Crippen LogP contribution in [0.15, 0.2) is 24.3 Å². The minimum absolute atomic E-state index is 0.371. The molecule has 122 valence electrons. The predicted molar refractivity (Wildman–Crippen MR) is 71.3 cm³/mol. The van der Waals surface area contributed by atoms with Gasteiger partial charge in [0.2, 0.25) is 0 Å². The number of amides is 1. The molecule has 22 heavy (non-hydrogen) atoms. The first-order chi connectivity index (χ1) is 10.1. The van der Waals surface area contributed by atoms with E-state index in [2.05, 4.69) is 5.32 Å². The van der Waals surface area contributed by atoms with E-state index >= 15 is 0 Å². The Balaban J connectivity index is 2.71. The zero-order valence-electron chi connectivity index (χ0n) is 12.0. The van der Waals surface area contributed by atoms with Crippen molar-refractivity contribution in [1.29, 1.82) is 0 Å². The molecule has 0 aliphatic heterocycles. The number of carbonyl (C=O) groups is 2. The van der Waals surface area contributed by atoms with E-state index in [1.807, 2.05) is 0 Å². The second-order valence-corrected chi connectivity index (χ2v) is 4.91. The first-order valence-corrected chi connectivity index (χ1v) is 6.44. The summed E-state index contributed by atoms with van der Waals surface area (Å²) in [5.41, 5.74) is -0.999. The normalized spacial score (nSPS) is 12.8. The zero-order chi connectivity index (χ0) is 16.9. The smallest absolute Gasteiger partial charge is 0.419 e. The highest BCUT2D eigenvalue weighted by Gasteiger charge is 2.34. The first kappa shape index (κ1) is 17.8. The van der Waals surface area contributed by atoms with Crippen LogP contribution in [0.2, 0.25) is 0 Å². The van der Waals surface area contributed by atoms with Crippen LogP contribution in [0.3, 0.4) is 0 Å². The van der Waals surface area contributed by atoms with E-state index < -0.39 is 42.0 Å². The summed E-state index contributed by atoms with van der Waals surface area (Å²) in [4.78, 5) is 22.5. The molecule has 0 saturated heterocycles. The lowest BCUT2D eigenvalue weighted by Gasteiger charge is -2.18. The largest absolute Gasteiger partial charge is 0.483 e. The summed E-state index contributed by atoms with van der Waals surface area (Å²) >= 11 is 0. The van der Waals surface area contributed by atoms with Gasteiger partial charge in [-0.05, 0) is 18.1 Å². The number of carboxylic acid groups (broad SMARTS) is 1. The van der Waals surface area contributed by atoms with Gasteiger partial charge in [0.15, 0.2) is 6.61 Å². The summed E-state index contributed by atoms with van der Waals surface area (Å²) < 4.78 is 43.1. The molecule has 1 rings (SSSR count). The van der Waals surface area contributed by atoms with E-state index in [0.717, 1.165) is 12.1 Å². The third-order valence-corrected chi connectivity index (χ3v) is 2.80. The third kappa shape index (κ3) is 4.94. The van der Waals surface area contributed by atoms with Gasteiger partial charge >= 0.3 is 12.1 Å². The molecule has 0 spiro atoms. The summed E-state index contributed by atoms with van der Waals surface area (Å²) in [7, 11) is 0.